The third-order valence-electron chi connectivity index (χ3n) is 3.68. The molecule has 2 aromatic carbocycles. The third-order valence-corrected chi connectivity index (χ3v) is 3.68. The van der Waals surface area contributed by atoms with Crippen LogP contribution in [-0.2, 0) is 6.54 Å². The Labute approximate surface area is 122 Å². The molecule has 0 spiro atoms. The van der Waals surface area contributed by atoms with Crippen molar-refractivity contribution < 1.29 is 0 Å². The van der Waals surface area contributed by atoms with Gasteiger partial charge in [0.1, 0.15) is 0 Å². The van der Waals surface area contributed by atoms with Gasteiger partial charge in [0.15, 0.2) is 5.84 Å². The lowest BCUT2D eigenvalue weighted by Gasteiger charge is -2.04. The molecule has 0 aliphatic carbocycles. The summed E-state index contributed by atoms with van der Waals surface area (Å²) in [6.45, 7) is 2.84. The highest BCUT2D eigenvalue weighted by molar-refractivity contribution is 6.11. The van der Waals surface area contributed by atoms with E-state index in [4.69, 9.17) is 10.9 Å². The smallest absolute Gasteiger partial charge is 0.173 e. The number of rotatable bonds is 3. The highest BCUT2D eigenvalue weighted by Crippen LogP contribution is 2.29. The first kappa shape index (κ1) is 13.2. The van der Waals surface area contributed by atoms with E-state index in [0.29, 0.717) is 5.56 Å². The van der Waals surface area contributed by atoms with Gasteiger partial charge in [0, 0.05) is 33.9 Å². The molecule has 0 radical (unpaired) electrons. The molecule has 0 saturated carbocycles. The Morgan fingerprint density at radius 2 is 1.90 bits per heavy atom. The van der Waals surface area contributed by atoms with E-state index < -0.39 is 0 Å². The lowest BCUT2D eigenvalue weighted by molar-refractivity contribution is 0.897. The Morgan fingerprint density at radius 1 is 1.14 bits per heavy atom. The van der Waals surface area contributed by atoms with Crippen LogP contribution in [0.1, 0.15) is 12.5 Å². The van der Waals surface area contributed by atoms with Gasteiger partial charge in [-0.3, -0.25) is 5.41 Å². The summed E-state index contributed by atoms with van der Waals surface area (Å²) in [5.74, 6) is -0.0119. The number of benzene rings is 2. The topological polar surface area (TPSA) is 65.0 Å². The maximum absolute atomic E-state index is 7.71. The van der Waals surface area contributed by atoms with E-state index in [-0.39, 0.29) is 5.84 Å². The summed E-state index contributed by atoms with van der Waals surface area (Å²) < 4.78 is 2.26. The molecule has 0 aliphatic heterocycles. The van der Waals surface area contributed by atoms with E-state index in [1.54, 1.807) is 0 Å². The highest BCUT2D eigenvalue weighted by atomic mass is 15.0. The SMILES string of the molecule is C/C=C/Cn1c2ccccc2c2cc(C(=N)N=N)ccc21. The Balaban J connectivity index is 2.34. The van der Waals surface area contributed by atoms with E-state index in [1.165, 1.54) is 5.52 Å². The number of amidine groups is 1. The fourth-order valence-corrected chi connectivity index (χ4v) is 2.67. The van der Waals surface area contributed by atoms with Crippen LogP contribution in [0, 0.1) is 10.9 Å². The van der Waals surface area contributed by atoms with Crippen LogP contribution < -0.4 is 0 Å². The van der Waals surface area contributed by atoms with Crippen LogP contribution in [0.5, 0.6) is 0 Å². The second-order valence-corrected chi connectivity index (χ2v) is 4.89. The molecule has 0 amide bonds. The Hall–Kier alpha value is -2.75. The first-order chi connectivity index (χ1) is 10.3. The summed E-state index contributed by atoms with van der Waals surface area (Å²) in [5, 5.41) is 13.2. The molecule has 0 atom stereocenters. The van der Waals surface area contributed by atoms with Gasteiger partial charge in [-0.2, -0.15) is 0 Å². The van der Waals surface area contributed by atoms with E-state index in [0.717, 1.165) is 22.8 Å². The predicted octanol–water partition coefficient (Wildman–Crippen LogP) is 4.73. The third kappa shape index (κ3) is 2.14. The van der Waals surface area contributed by atoms with Crippen molar-refractivity contribution in [2.24, 2.45) is 5.11 Å². The van der Waals surface area contributed by atoms with Gasteiger partial charge in [-0.1, -0.05) is 30.4 Å². The minimum Gasteiger partial charge on any atom is -0.337 e. The van der Waals surface area contributed by atoms with Crippen LogP contribution in [0.2, 0.25) is 0 Å². The van der Waals surface area contributed by atoms with Gasteiger partial charge in [0.25, 0.3) is 0 Å². The number of aromatic nitrogens is 1. The summed E-state index contributed by atoms with van der Waals surface area (Å²) >= 11 is 0. The molecule has 0 saturated heterocycles. The van der Waals surface area contributed by atoms with E-state index in [1.807, 2.05) is 43.3 Å². The van der Waals surface area contributed by atoms with Crippen LogP contribution in [-0.4, -0.2) is 10.4 Å². The summed E-state index contributed by atoms with van der Waals surface area (Å²) in [6.07, 6.45) is 4.17. The number of nitrogens with zero attached hydrogens (tertiary/aromatic N) is 2. The molecular formula is C17H16N4. The van der Waals surface area contributed by atoms with E-state index in [2.05, 4.69) is 27.9 Å². The zero-order valence-corrected chi connectivity index (χ0v) is 11.8. The van der Waals surface area contributed by atoms with Crippen molar-refractivity contribution in [1.29, 1.82) is 10.9 Å². The van der Waals surface area contributed by atoms with Gasteiger partial charge in [0.2, 0.25) is 0 Å². The summed E-state index contributed by atoms with van der Waals surface area (Å²) in [6, 6.07) is 14.1. The average Bonchev–Trinajstić information content (AvgIpc) is 2.85. The fourth-order valence-electron chi connectivity index (χ4n) is 2.67. The molecule has 104 valence electrons. The minimum absolute atomic E-state index is 0.0119. The Morgan fingerprint density at radius 3 is 2.67 bits per heavy atom. The Bertz CT molecular complexity index is 871. The van der Waals surface area contributed by atoms with Crippen molar-refractivity contribution >= 4 is 27.6 Å². The number of nitrogens with one attached hydrogen (secondary N) is 2. The summed E-state index contributed by atoms with van der Waals surface area (Å²) in [7, 11) is 0. The zero-order chi connectivity index (χ0) is 14.8. The molecular weight excluding hydrogens is 260 g/mol. The van der Waals surface area contributed by atoms with Gasteiger partial charge in [-0.15, -0.1) is 5.11 Å². The zero-order valence-electron chi connectivity index (χ0n) is 11.8. The molecule has 1 heterocycles. The van der Waals surface area contributed by atoms with E-state index >= 15 is 0 Å². The highest BCUT2D eigenvalue weighted by Gasteiger charge is 2.11. The largest absolute Gasteiger partial charge is 0.337 e. The number of allylic oxidation sites excluding steroid dienone is 2. The van der Waals surface area contributed by atoms with Crippen LogP contribution in [0.25, 0.3) is 21.8 Å². The number of fused-ring (bicyclic) bond motifs is 3. The number of para-hydroxylation sites is 1. The van der Waals surface area contributed by atoms with Gasteiger partial charge < -0.3 is 4.57 Å². The number of hydrogen-bond donors (Lipinski definition) is 2. The first-order valence-corrected chi connectivity index (χ1v) is 6.84. The molecule has 1 aromatic heterocycles. The molecule has 4 nitrogen and oxygen atoms in total. The van der Waals surface area contributed by atoms with Gasteiger partial charge >= 0.3 is 0 Å². The molecule has 21 heavy (non-hydrogen) atoms. The summed E-state index contributed by atoms with van der Waals surface area (Å²) in [4.78, 5) is 0. The lowest BCUT2D eigenvalue weighted by atomic mass is 10.1. The quantitative estimate of drug-likeness (QED) is 0.301. The second kappa shape index (κ2) is 5.32. The number of hydrogen-bond acceptors (Lipinski definition) is 2. The van der Waals surface area contributed by atoms with Gasteiger partial charge in [0.05, 0.1) is 0 Å². The van der Waals surface area contributed by atoms with Crippen molar-refractivity contribution in [3.05, 3.63) is 60.2 Å². The molecule has 2 N–H and O–H groups in total. The van der Waals surface area contributed by atoms with Crippen LogP contribution in [0.4, 0.5) is 0 Å². The maximum Gasteiger partial charge on any atom is 0.173 e. The van der Waals surface area contributed by atoms with Gasteiger partial charge in [-0.05, 0) is 31.2 Å². The molecule has 0 bridgehead atoms. The van der Waals surface area contributed by atoms with Crippen LogP contribution >= 0.6 is 0 Å². The van der Waals surface area contributed by atoms with Crippen LogP contribution in [0.15, 0.2) is 59.7 Å². The molecule has 0 unspecified atom stereocenters. The predicted molar refractivity (Wildman–Crippen MR) is 86.2 cm³/mol. The van der Waals surface area contributed by atoms with Crippen molar-refractivity contribution in [2.45, 2.75) is 13.5 Å². The summed E-state index contributed by atoms with van der Waals surface area (Å²) in [5.41, 5.74) is 9.98. The van der Waals surface area contributed by atoms with Crippen molar-refractivity contribution in [3.63, 3.8) is 0 Å². The maximum atomic E-state index is 7.71. The monoisotopic (exact) mass is 276 g/mol. The van der Waals surface area contributed by atoms with Crippen molar-refractivity contribution in [1.82, 2.24) is 4.57 Å². The standard InChI is InChI=1S/C17H16N4/c1-2-3-10-21-15-7-5-4-6-13(15)14-11-12(17(18)20-19)8-9-16(14)21/h2-9,11,18-19H,10H2,1H3/b3-2+,18-17?,20-19?. The van der Waals surface area contributed by atoms with E-state index in [9.17, 15) is 0 Å². The molecule has 3 aromatic rings. The second-order valence-electron chi connectivity index (χ2n) is 4.89. The molecule has 4 heteroatoms. The molecule has 0 aliphatic rings. The minimum atomic E-state index is -0.0119. The molecule has 0 fully saturated rings. The van der Waals surface area contributed by atoms with Crippen LogP contribution in [0.3, 0.4) is 0 Å². The Kier molecular flexibility index (Phi) is 3.36. The lowest BCUT2D eigenvalue weighted by Crippen LogP contribution is -1.96. The average molecular weight is 276 g/mol. The fraction of sp³-hybridized carbons (Fsp3) is 0.118. The van der Waals surface area contributed by atoms with Gasteiger partial charge in [-0.25, -0.2) is 5.53 Å². The first-order valence-electron chi connectivity index (χ1n) is 6.84. The van der Waals surface area contributed by atoms with Crippen molar-refractivity contribution in [3.8, 4) is 0 Å². The molecule has 3 rings (SSSR count). The normalized spacial score (nSPS) is 11.5. The van der Waals surface area contributed by atoms with Crippen molar-refractivity contribution in [2.75, 3.05) is 0 Å².